The highest BCUT2D eigenvalue weighted by Crippen LogP contribution is 2.16. The molecule has 0 radical (unpaired) electrons. The molecule has 2 rings (SSSR count). The SMILES string of the molecule is CN(Cc1ccccc1F)C(=O)C1CCNCC1. The van der Waals surface area contributed by atoms with Crippen LogP contribution < -0.4 is 5.32 Å². The number of hydrogen-bond acceptors (Lipinski definition) is 2. The topological polar surface area (TPSA) is 32.3 Å². The zero-order valence-electron chi connectivity index (χ0n) is 10.7. The van der Waals surface area contributed by atoms with Gasteiger partial charge in [0, 0.05) is 25.1 Å². The van der Waals surface area contributed by atoms with Crippen LogP contribution in [0.3, 0.4) is 0 Å². The van der Waals surface area contributed by atoms with E-state index in [1.807, 2.05) is 0 Å². The number of piperidine rings is 1. The van der Waals surface area contributed by atoms with Gasteiger partial charge in [0.25, 0.3) is 0 Å². The van der Waals surface area contributed by atoms with E-state index in [1.54, 1.807) is 30.1 Å². The van der Waals surface area contributed by atoms with Crippen LogP contribution in [-0.4, -0.2) is 30.9 Å². The minimum Gasteiger partial charge on any atom is -0.341 e. The van der Waals surface area contributed by atoms with Crippen LogP contribution in [0.25, 0.3) is 0 Å². The van der Waals surface area contributed by atoms with E-state index >= 15 is 0 Å². The Labute approximate surface area is 107 Å². The maximum absolute atomic E-state index is 13.5. The molecule has 4 heteroatoms. The molecule has 1 fully saturated rings. The van der Waals surface area contributed by atoms with Gasteiger partial charge in [-0.1, -0.05) is 18.2 Å². The summed E-state index contributed by atoms with van der Waals surface area (Å²) >= 11 is 0. The molecular formula is C14H19FN2O. The highest BCUT2D eigenvalue weighted by Gasteiger charge is 2.24. The Bertz CT molecular complexity index is 416. The summed E-state index contributed by atoms with van der Waals surface area (Å²) in [5.74, 6) is -0.0368. The molecule has 0 saturated carbocycles. The lowest BCUT2D eigenvalue weighted by molar-refractivity contribution is -0.135. The molecule has 1 aliphatic heterocycles. The molecule has 1 aliphatic rings. The van der Waals surface area contributed by atoms with Gasteiger partial charge in [0.1, 0.15) is 5.82 Å². The zero-order valence-corrected chi connectivity index (χ0v) is 10.7. The molecule has 1 saturated heterocycles. The van der Waals surface area contributed by atoms with E-state index in [0.717, 1.165) is 25.9 Å². The van der Waals surface area contributed by atoms with Gasteiger partial charge in [0.2, 0.25) is 5.91 Å². The third-order valence-corrected chi connectivity index (χ3v) is 3.43. The summed E-state index contributed by atoms with van der Waals surface area (Å²) in [5.41, 5.74) is 0.572. The first-order chi connectivity index (χ1) is 8.68. The van der Waals surface area contributed by atoms with Crippen LogP contribution in [0.4, 0.5) is 4.39 Å². The van der Waals surface area contributed by atoms with Crippen molar-refractivity contribution in [3.63, 3.8) is 0 Å². The van der Waals surface area contributed by atoms with Gasteiger partial charge in [-0.25, -0.2) is 4.39 Å². The van der Waals surface area contributed by atoms with Gasteiger partial charge in [-0.2, -0.15) is 0 Å². The Morgan fingerprint density at radius 1 is 1.39 bits per heavy atom. The minimum absolute atomic E-state index is 0.0861. The molecule has 1 aromatic carbocycles. The van der Waals surface area contributed by atoms with Crippen LogP contribution in [0.2, 0.25) is 0 Å². The molecule has 0 bridgehead atoms. The lowest BCUT2D eigenvalue weighted by atomic mass is 9.96. The van der Waals surface area contributed by atoms with Gasteiger partial charge in [-0.3, -0.25) is 4.79 Å². The van der Waals surface area contributed by atoms with Gasteiger partial charge < -0.3 is 10.2 Å². The van der Waals surface area contributed by atoms with E-state index in [1.165, 1.54) is 6.07 Å². The van der Waals surface area contributed by atoms with Crippen molar-refractivity contribution in [1.82, 2.24) is 10.2 Å². The summed E-state index contributed by atoms with van der Waals surface area (Å²) in [4.78, 5) is 13.8. The molecule has 1 N–H and O–H groups in total. The zero-order chi connectivity index (χ0) is 13.0. The first-order valence-corrected chi connectivity index (χ1v) is 6.37. The Morgan fingerprint density at radius 3 is 2.72 bits per heavy atom. The van der Waals surface area contributed by atoms with E-state index in [2.05, 4.69) is 5.32 Å². The maximum Gasteiger partial charge on any atom is 0.225 e. The summed E-state index contributed by atoms with van der Waals surface area (Å²) in [6.07, 6.45) is 1.75. The number of carbonyl (C=O) groups is 1. The Morgan fingerprint density at radius 2 is 2.06 bits per heavy atom. The predicted octanol–water partition coefficient (Wildman–Crippen LogP) is 1.78. The number of amides is 1. The van der Waals surface area contributed by atoms with E-state index in [-0.39, 0.29) is 17.6 Å². The first kappa shape index (κ1) is 13.0. The molecule has 18 heavy (non-hydrogen) atoms. The molecule has 0 aromatic heterocycles. The standard InChI is InChI=1S/C14H19FN2O/c1-17(10-12-4-2-3-5-13(12)15)14(18)11-6-8-16-9-7-11/h2-5,11,16H,6-10H2,1H3. The fraction of sp³-hybridized carbons (Fsp3) is 0.500. The van der Waals surface area contributed by atoms with Crippen molar-refractivity contribution in [3.8, 4) is 0 Å². The van der Waals surface area contributed by atoms with Crippen LogP contribution in [0.15, 0.2) is 24.3 Å². The Kier molecular flexibility index (Phi) is 4.31. The second-order valence-corrected chi connectivity index (χ2v) is 4.81. The Balaban J connectivity index is 1.96. The number of nitrogens with zero attached hydrogens (tertiary/aromatic N) is 1. The smallest absolute Gasteiger partial charge is 0.225 e. The lowest BCUT2D eigenvalue weighted by Crippen LogP contribution is -2.39. The van der Waals surface area contributed by atoms with Gasteiger partial charge in [-0.15, -0.1) is 0 Å². The number of benzene rings is 1. The average molecular weight is 250 g/mol. The van der Waals surface area contributed by atoms with Gasteiger partial charge in [0.05, 0.1) is 0 Å². The maximum atomic E-state index is 13.5. The van der Waals surface area contributed by atoms with Crippen molar-refractivity contribution in [2.45, 2.75) is 19.4 Å². The molecule has 1 heterocycles. The fourth-order valence-electron chi connectivity index (χ4n) is 2.34. The molecule has 0 aliphatic carbocycles. The normalized spacial score (nSPS) is 16.6. The average Bonchev–Trinajstić information content (AvgIpc) is 2.41. The van der Waals surface area contributed by atoms with Crippen molar-refractivity contribution in [2.75, 3.05) is 20.1 Å². The van der Waals surface area contributed by atoms with Crippen LogP contribution in [0.1, 0.15) is 18.4 Å². The van der Waals surface area contributed by atoms with E-state index in [9.17, 15) is 9.18 Å². The van der Waals surface area contributed by atoms with Crippen molar-refractivity contribution >= 4 is 5.91 Å². The fourth-order valence-corrected chi connectivity index (χ4v) is 2.34. The van der Waals surface area contributed by atoms with Crippen molar-refractivity contribution in [3.05, 3.63) is 35.6 Å². The van der Waals surface area contributed by atoms with E-state index < -0.39 is 0 Å². The molecular weight excluding hydrogens is 231 g/mol. The molecule has 98 valence electrons. The summed E-state index contributed by atoms with van der Waals surface area (Å²) in [7, 11) is 1.75. The molecule has 0 unspecified atom stereocenters. The Hall–Kier alpha value is -1.42. The lowest BCUT2D eigenvalue weighted by Gasteiger charge is -2.27. The van der Waals surface area contributed by atoms with Crippen molar-refractivity contribution in [1.29, 1.82) is 0 Å². The summed E-state index contributed by atoms with van der Waals surface area (Å²) in [6.45, 7) is 2.13. The highest BCUT2D eigenvalue weighted by molar-refractivity contribution is 5.78. The van der Waals surface area contributed by atoms with Gasteiger partial charge in [0.15, 0.2) is 0 Å². The third-order valence-electron chi connectivity index (χ3n) is 3.43. The number of rotatable bonds is 3. The summed E-state index contributed by atoms with van der Waals surface area (Å²) < 4.78 is 13.5. The molecule has 1 aromatic rings. The van der Waals surface area contributed by atoms with E-state index in [0.29, 0.717) is 12.1 Å². The number of nitrogens with one attached hydrogen (secondary N) is 1. The summed E-state index contributed by atoms with van der Waals surface area (Å²) in [5, 5.41) is 3.24. The van der Waals surface area contributed by atoms with Gasteiger partial charge in [-0.05, 0) is 32.0 Å². The highest BCUT2D eigenvalue weighted by atomic mass is 19.1. The number of hydrogen-bond donors (Lipinski definition) is 1. The van der Waals surface area contributed by atoms with Crippen LogP contribution in [0.5, 0.6) is 0 Å². The third kappa shape index (κ3) is 3.07. The van der Waals surface area contributed by atoms with Crippen molar-refractivity contribution < 1.29 is 9.18 Å². The molecule has 3 nitrogen and oxygen atoms in total. The molecule has 1 amide bonds. The van der Waals surface area contributed by atoms with Crippen LogP contribution in [-0.2, 0) is 11.3 Å². The quantitative estimate of drug-likeness (QED) is 0.887. The monoisotopic (exact) mass is 250 g/mol. The van der Waals surface area contributed by atoms with Crippen LogP contribution >= 0.6 is 0 Å². The molecule has 0 atom stereocenters. The number of halogens is 1. The largest absolute Gasteiger partial charge is 0.341 e. The van der Waals surface area contributed by atoms with Crippen molar-refractivity contribution in [2.24, 2.45) is 5.92 Å². The second-order valence-electron chi connectivity index (χ2n) is 4.81. The van der Waals surface area contributed by atoms with Gasteiger partial charge >= 0.3 is 0 Å². The minimum atomic E-state index is -0.248. The van der Waals surface area contributed by atoms with Crippen LogP contribution in [0, 0.1) is 11.7 Å². The molecule has 0 spiro atoms. The second kappa shape index (κ2) is 5.96. The predicted molar refractivity (Wildman–Crippen MR) is 68.5 cm³/mol. The summed E-state index contributed by atoms with van der Waals surface area (Å²) in [6, 6.07) is 6.61. The first-order valence-electron chi connectivity index (χ1n) is 6.37. The van der Waals surface area contributed by atoms with E-state index in [4.69, 9.17) is 0 Å². The number of carbonyl (C=O) groups excluding carboxylic acids is 1.